The van der Waals surface area contributed by atoms with Crippen LogP contribution in [-0.4, -0.2) is 26.2 Å². The quantitative estimate of drug-likeness (QED) is 0.740. The molecule has 0 aromatic heterocycles. The van der Waals surface area contributed by atoms with Crippen molar-refractivity contribution in [3.63, 3.8) is 0 Å². The van der Waals surface area contributed by atoms with Crippen molar-refractivity contribution >= 4 is 0 Å². The SMILES string of the molecule is CC(C)(CCN)CNCCc1ccc2c(c1)CCO2. The van der Waals surface area contributed by atoms with E-state index in [0.29, 0.717) is 5.41 Å². The maximum absolute atomic E-state index is 5.62. The Balaban J connectivity index is 1.74. The van der Waals surface area contributed by atoms with Gasteiger partial charge in [0, 0.05) is 13.0 Å². The molecule has 0 unspecified atom stereocenters. The van der Waals surface area contributed by atoms with Crippen molar-refractivity contribution in [2.24, 2.45) is 11.1 Å². The standard InChI is InChI=1S/C16H26N2O/c1-16(2,7-8-17)12-18-9-5-13-3-4-15-14(11-13)6-10-19-15/h3-4,11,18H,5-10,12,17H2,1-2H3. The van der Waals surface area contributed by atoms with Crippen molar-refractivity contribution in [3.05, 3.63) is 29.3 Å². The van der Waals surface area contributed by atoms with Gasteiger partial charge in [0.1, 0.15) is 5.75 Å². The first-order chi connectivity index (χ1) is 9.11. The normalized spacial score (nSPS) is 14.3. The summed E-state index contributed by atoms with van der Waals surface area (Å²) in [6.07, 6.45) is 3.20. The van der Waals surface area contributed by atoms with Crippen LogP contribution in [0.1, 0.15) is 31.4 Å². The molecule has 3 nitrogen and oxygen atoms in total. The molecule has 0 aliphatic carbocycles. The molecule has 1 aromatic carbocycles. The van der Waals surface area contributed by atoms with Crippen LogP contribution >= 0.6 is 0 Å². The molecule has 0 radical (unpaired) electrons. The molecule has 106 valence electrons. The van der Waals surface area contributed by atoms with Crippen LogP contribution in [0.2, 0.25) is 0 Å². The predicted octanol–water partition coefficient (Wildman–Crippen LogP) is 2.13. The monoisotopic (exact) mass is 262 g/mol. The fourth-order valence-electron chi connectivity index (χ4n) is 2.53. The van der Waals surface area contributed by atoms with E-state index in [1.807, 2.05) is 0 Å². The average molecular weight is 262 g/mol. The average Bonchev–Trinajstić information content (AvgIpc) is 2.82. The van der Waals surface area contributed by atoms with Crippen molar-refractivity contribution in [1.82, 2.24) is 5.32 Å². The van der Waals surface area contributed by atoms with Crippen molar-refractivity contribution in [2.45, 2.75) is 33.1 Å². The van der Waals surface area contributed by atoms with Crippen molar-refractivity contribution in [2.75, 3.05) is 26.2 Å². The first-order valence-corrected chi connectivity index (χ1v) is 7.26. The Bertz CT molecular complexity index is 415. The molecular weight excluding hydrogens is 236 g/mol. The fourth-order valence-corrected chi connectivity index (χ4v) is 2.53. The molecule has 1 aromatic rings. The highest BCUT2D eigenvalue weighted by atomic mass is 16.5. The van der Waals surface area contributed by atoms with E-state index in [1.54, 1.807) is 0 Å². The number of benzene rings is 1. The summed E-state index contributed by atoms with van der Waals surface area (Å²) in [5, 5.41) is 3.54. The summed E-state index contributed by atoms with van der Waals surface area (Å²) in [5.74, 6) is 1.07. The van der Waals surface area contributed by atoms with Gasteiger partial charge >= 0.3 is 0 Å². The summed E-state index contributed by atoms with van der Waals surface area (Å²) in [6.45, 7) is 8.18. The molecule has 0 saturated heterocycles. The number of nitrogens with one attached hydrogen (secondary N) is 1. The molecule has 19 heavy (non-hydrogen) atoms. The fraction of sp³-hybridized carbons (Fsp3) is 0.625. The minimum Gasteiger partial charge on any atom is -0.493 e. The van der Waals surface area contributed by atoms with E-state index in [0.717, 1.165) is 51.3 Å². The van der Waals surface area contributed by atoms with Crippen LogP contribution in [0.25, 0.3) is 0 Å². The molecule has 2 rings (SSSR count). The van der Waals surface area contributed by atoms with Crippen LogP contribution in [-0.2, 0) is 12.8 Å². The van der Waals surface area contributed by atoms with E-state index in [-0.39, 0.29) is 0 Å². The summed E-state index contributed by atoms with van der Waals surface area (Å²) in [7, 11) is 0. The molecule has 0 atom stereocenters. The lowest BCUT2D eigenvalue weighted by Crippen LogP contribution is -2.32. The highest BCUT2D eigenvalue weighted by molar-refractivity contribution is 5.39. The lowest BCUT2D eigenvalue weighted by molar-refractivity contribution is 0.321. The second-order valence-electron chi connectivity index (χ2n) is 6.17. The summed E-state index contributed by atoms with van der Waals surface area (Å²) in [6, 6.07) is 6.57. The van der Waals surface area contributed by atoms with Crippen molar-refractivity contribution in [3.8, 4) is 5.75 Å². The zero-order valence-corrected chi connectivity index (χ0v) is 12.2. The van der Waals surface area contributed by atoms with Gasteiger partial charge in [-0.15, -0.1) is 0 Å². The van der Waals surface area contributed by atoms with Crippen LogP contribution < -0.4 is 15.8 Å². The van der Waals surface area contributed by atoms with Crippen molar-refractivity contribution < 1.29 is 4.74 Å². The first-order valence-electron chi connectivity index (χ1n) is 7.26. The molecular formula is C16H26N2O. The van der Waals surface area contributed by atoms with Gasteiger partial charge in [0.25, 0.3) is 0 Å². The van der Waals surface area contributed by atoms with E-state index < -0.39 is 0 Å². The van der Waals surface area contributed by atoms with Crippen LogP contribution in [0.4, 0.5) is 0 Å². The molecule has 0 fully saturated rings. The van der Waals surface area contributed by atoms with Gasteiger partial charge in [0.05, 0.1) is 6.61 Å². The van der Waals surface area contributed by atoms with Gasteiger partial charge in [-0.25, -0.2) is 0 Å². The van der Waals surface area contributed by atoms with Crippen LogP contribution in [0, 0.1) is 5.41 Å². The lowest BCUT2D eigenvalue weighted by atomic mass is 9.89. The van der Waals surface area contributed by atoms with Gasteiger partial charge < -0.3 is 15.8 Å². The Labute approximate surface area is 116 Å². The van der Waals surface area contributed by atoms with Crippen LogP contribution in [0.3, 0.4) is 0 Å². The smallest absolute Gasteiger partial charge is 0.122 e. The van der Waals surface area contributed by atoms with Gasteiger partial charge in [-0.1, -0.05) is 26.0 Å². The largest absolute Gasteiger partial charge is 0.493 e. The summed E-state index contributed by atoms with van der Waals surface area (Å²) in [4.78, 5) is 0. The van der Waals surface area contributed by atoms with E-state index >= 15 is 0 Å². The van der Waals surface area contributed by atoms with Gasteiger partial charge in [-0.05, 0) is 48.5 Å². The minimum atomic E-state index is 0.292. The third-order valence-electron chi connectivity index (χ3n) is 3.77. The van der Waals surface area contributed by atoms with Gasteiger partial charge in [0.15, 0.2) is 0 Å². The maximum atomic E-state index is 5.62. The topological polar surface area (TPSA) is 47.3 Å². The molecule has 0 spiro atoms. The molecule has 3 heteroatoms. The summed E-state index contributed by atoms with van der Waals surface area (Å²) < 4.78 is 5.52. The third kappa shape index (κ3) is 4.22. The summed E-state index contributed by atoms with van der Waals surface area (Å²) >= 11 is 0. The van der Waals surface area contributed by atoms with E-state index in [1.165, 1.54) is 11.1 Å². The molecule has 0 bridgehead atoms. The van der Waals surface area contributed by atoms with Gasteiger partial charge in [-0.2, -0.15) is 0 Å². The molecule has 0 amide bonds. The molecule has 1 heterocycles. The molecule has 0 saturated carbocycles. The summed E-state index contributed by atoms with van der Waals surface area (Å²) in [5.41, 5.74) is 8.67. The third-order valence-corrected chi connectivity index (χ3v) is 3.77. The Kier molecular flexibility index (Phi) is 4.83. The number of ether oxygens (including phenoxy) is 1. The second kappa shape index (κ2) is 6.40. The van der Waals surface area contributed by atoms with Gasteiger partial charge in [-0.3, -0.25) is 0 Å². The lowest BCUT2D eigenvalue weighted by Gasteiger charge is -2.24. The number of hydrogen-bond acceptors (Lipinski definition) is 3. The van der Waals surface area contributed by atoms with Crippen LogP contribution in [0.5, 0.6) is 5.75 Å². The zero-order chi connectivity index (χ0) is 13.7. The Hall–Kier alpha value is -1.06. The zero-order valence-electron chi connectivity index (χ0n) is 12.2. The van der Waals surface area contributed by atoms with Gasteiger partial charge in [0.2, 0.25) is 0 Å². The highest BCUT2D eigenvalue weighted by Gasteiger charge is 2.16. The van der Waals surface area contributed by atoms with Crippen LogP contribution in [0.15, 0.2) is 18.2 Å². The molecule has 1 aliphatic rings. The minimum absolute atomic E-state index is 0.292. The van der Waals surface area contributed by atoms with E-state index in [2.05, 4.69) is 37.4 Å². The Morgan fingerprint density at radius 1 is 1.37 bits per heavy atom. The predicted molar refractivity (Wildman–Crippen MR) is 79.7 cm³/mol. The second-order valence-corrected chi connectivity index (χ2v) is 6.17. The number of nitrogens with two attached hydrogens (primary N) is 1. The highest BCUT2D eigenvalue weighted by Crippen LogP contribution is 2.25. The van der Waals surface area contributed by atoms with E-state index in [4.69, 9.17) is 10.5 Å². The van der Waals surface area contributed by atoms with E-state index in [9.17, 15) is 0 Å². The van der Waals surface area contributed by atoms with Crippen molar-refractivity contribution in [1.29, 1.82) is 0 Å². The molecule has 3 N–H and O–H groups in total. The Morgan fingerprint density at radius 3 is 3.00 bits per heavy atom. The number of fused-ring (bicyclic) bond motifs is 1. The molecule has 1 aliphatic heterocycles. The first kappa shape index (κ1) is 14.4. The Morgan fingerprint density at radius 2 is 2.21 bits per heavy atom. The maximum Gasteiger partial charge on any atom is 0.122 e. The number of hydrogen-bond donors (Lipinski definition) is 2. The number of rotatable bonds is 7.